The molecule has 96 valence electrons. The third-order valence-electron chi connectivity index (χ3n) is 2.93. The number of likely N-dealkylation sites (N-methyl/N-ethyl adjacent to an activating group) is 1. The highest BCUT2D eigenvalue weighted by Gasteiger charge is 2.18. The molecule has 1 aromatic rings. The number of hydrogen-bond donors (Lipinski definition) is 1. The number of rotatable bonds is 5. The quantitative estimate of drug-likeness (QED) is 0.846. The van der Waals surface area contributed by atoms with Gasteiger partial charge >= 0.3 is 0 Å². The lowest BCUT2D eigenvalue weighted by Gasteiger charge is -2.26. The lowest BCUT2D eigenvalue weighted by molar-refractivity contribution is 0.313. The van der Waals surface area contributed by atoms with Gasteiger partial charge in [-0.3, -0.25) is 0 Å². The van der Waals surface area contributed by atoms with Gasteiger partial charge in [-0.05, 0) is 36.9 Å². The molecule has 17 heavy (non-hydrogen) atoms. The third-order valence-corrected chi connectivity index (χ3v) is 2.93. The minimum Gasteiger partial charge on any atom is -0.496 e. The number of para-hydroxylation sites is 1. The van der Waals surface area contributed by atoms with Crippen molar-refractivity contribution < 1.29 is 4.74 Å². The highest BCUT2D eigenvalue weighted by molar-refractivity contribution is 5.33. The monoisotopic (exact) mass is 235 g/mol. The summed E-state index contributed by atoms with van der Waals surface area (Å²) >= 11 is 0. The second kappa shape index (κ2) is 6.06. The zero-order valence-corrected chi connectivity index (χ0v) is 11.7. The summed E-state index contributed by atoms with van der Waals surface area (Å²) in [5.74, 6) is 0.988. The van der Waals surface area contributed by atoms with Crippen LogP contribution in [0.1, 0.15) is 32.8 Å². The number of hydrogen-bond acceptors (Lipinski definition) is 2. The van der Waals surface area contributed by atoms with Crippen LogP contribution in [-0.4, -0.2) is 20.2 Å². The number of nitrogens with one attached hydrogen (secondary N) is 1. The first kappa shape index (κ1) is 14.0. The zero-order valence-electron chi connectivity index (χ0n) is 11.7. The van der Waals surface area contributed by atoms with E-state index in [0.29, 0.717) is 11.5 Å². The second-order valence-corrected chi connectivity index (χ2v) is 5.77. The van der Waals surface area contributed by atoms with E-state index >= 15 is 0 Å². The summed E-state index contributed by atoms with van der Waals surface area (Å²) in [5.41, 5.74) is 1.62. The molecule has 0 heterocycles. The van der Waals surface area contributed by atoms with Crippen molar-refractivity contribution in [2.45, 2.75) is 39.7 Å². The molecule has 0 aliphatic rings. The standard InChI is InChI=1S/C15H25NO/c1-15(2,3)11-13(16-4)10-12-8-6-7-9-14(12)17-5/h6-9,13,16H,10-11H2,1-5H3. The van der Waals surface area contributed by atoms with E-state index in [0.717, 1.165) is 18.6 Å². The Kier molecular flexibility index (Phi) is 5.01. The molecule has 0 aliphatic carbocycles. The fourth-order valence-corrected chi connectivity index (χ4v) is 2.15. The van der Waals surface area contributed by atoms with Gasteiger partial charge in [0.25, 0.3) is 0 Å². The zero-order chi connectivity index (χ0) is 12.9. The first-order chi connectivity index (χ1) is 7.96. The van der Waals surface area contributed by atoms with E-state index in [1.807, 2.05) is 19.2 Å². The van der Waals surface area contributed by atoms with Gasteiger partial charge in [-0.2, -0.15) is 0 Å². The van der Waals surface area contributed by atoms with Gasteiger partial charge in [-0.1, -0.05) is 39.0 Å². The van der Waals surface area contributed by atoms with Crippen LogP contribution in [0.2, 0.25) is 0 Å². The largest absolute Gasteiger partial charge is 0.496 e. The molecule has 0 bridgehead atoms. The van der Waals surface area contributed by atoms with Crippen LogP contribution in [0.3, 0.4) is 0 Å². The van der Waals surface area contributed by atoms with Crippen molar-refractivity contribution >= 4 is 0 Å². The molecule has 0 amide bonds. The van der Waals surface area contributed by atoms with E-state index in [-0.39, 0.29) is 0 Å². The maximum atomic E-state index is 5.39. The van der Waals surface area contributed by atoms with E-state index in [2.05, 4.69) is 38.2 Å². The second-order valence-electron chi connectivity index (χ2n) is 5.77. The third kappa shape index (κ3) is 4.78. The van der Waals surface area contributed by atoms with Crippen LogP contribution in [0, 0.1) is 5.41 Å². The molecule has 0 saturated heterocycles. The first-order valence-electron chi connectivity index (χ1n) is 6.25. The molecular weight excluding hydrogens is 210 g/mol. The fraction of sp³-hybridized carbons (Fsp3) is 0.600. The predicted molar refractivity (Wildman–Crippen MR) is 73.6 cm³/mol. The van der Waals surface area contributed by atoms with Crippen LogP contribution in [0.5, 0.6) is 5.75 Å². The molecule has 1 atom stereocenters. The fourth-order valence-electron chi connectivity index (χ4n) is 2.15. The summed E-state index contributed by atoms with van der Waals surface area (Å²) in [5, 5.41) is 3.40. The maximum absolute atomic E-state index is 5.39. The molecule has 2 heteroatoms. The van der Waals surface area contributed by atoms with Crippen molar-refractivity contribution in [1.82, 2.24) is 5.32 Å². The maximum Gasteiger partial charge on any atom is 0.122 e. The van der Waals surface area contributed by atoms with Crippen molar-refractivity contribution in [1.29, 1.82) is 0 Å². The summed E-state index contributed by atoms with van der Waals surface area (Å²) in [7, 11) is 3.77. The molecule has 1 aromatic carbocycles. The van der Waals surface area contributed by atoms with Gasteiger partial charge in [0.2, 0.25) is 0 Å². The Labute approximate surface area is 105 Å². The van der Waals surface area contributed by atoms with E-state index in [9.17, 15) is 0 Å². The molecule has 0 fully saturated rings. The number of benzene rings is 1. The van der Waals surface area contributed by atoms with Crippen molar-refractivity contribution in [3.05, 3.63) is 29.8 Å². The normalized spacial score (nSPS) is 13.5. The molecule has 1 N–H and O–H groups in total. The smallest absolute Gasteiger partial charge is 0.122 e. The molecule has 1 rings (SSSR count). The van der Waals surface area contributed by atoms with Crippen LogP contribution in [0.25, 0.3) is 0 Å². The molecule has 1 unspecified atom stereocenters. The number of ether oxygens (including phenoxy) is 1. The van der Waals surface area contributed by atoms with Gasteiger partial charge in [0, 0.05) is 6.04 Å². The van der Waals surface area contributed by atoms with Crippen LogP contribution in [0.4, 0.5) is 0 Å². The van der Waals surface area contributed by atoms with E-state index < -0.39 is 0 Å². The van der Waals surface area contributed by atoms with Crippen LogP contribution >= 0.6 is 0 Å². The van der Waals surface area contributed by atoms with Crippen molar-refractivity contribution in [3.8, 4) is 5.75 Å². The SMILES string of the molecule is CNC(Cc1ccccc1OC)CC(C)(C)C. The summed E-state index contributed by atoms with van der Waals surface area (Å²) in [6, 6.07) is 8.75. The van der Waals surface area contributed by atoms with Gasteiger partial charge < -0.3 is 10.1 Å². The Morgan fingerprint density at radius 1 is 1.24 bits per heavy atom. The summed E-state index contributed by atoms with van der Waals surface area (Å²) in [6.45, 7) is 6.83. The summed E-state index contributed by atoms with van der Waals surface area (Å²) in [6.07, 6.45) is 2.17. The van der Waals surface area contributed by atoms with Crippen molar-refractivity contribution in [2.24, 2.45) is 5.41 Å². The lowest BCUT2D eigenvalue weighted by atomic mass is 9.86. The van der Waals surface area contributed by atoms with E-state index in [1.54, 1.807) is 7.11 Å². The van der Waals surface area contributed by atoms with Gasteiger partial charge in [0.05, 0.1) is 7.11 Å². The molecule has 2 nitrogen and oxygen atoms in total. The lowest BCUT2D eigenvalue weighted by Crippen LogP contribution is -2.32. The molecule has 0 saturated carbocycles. The Bertz CT molecular complexity index is 341. The highest BCUT2D eigenvalue weighted by atomic mass is 16.5. The Morgan fingerprint density at radius 3 is 2.41 bits per heavy atom. The highest BCUT2D eigenvalue weighted by Crippen LogP contribution is 2.25. The molecule has 0 aromatic heterocycles. The molecular formula is C15H25NO. The van der Waals surface area contributed by atoms with Gasteiger partial charge in [0.15, 0.2) is 0 Å². The van der Waals surface area contributed by atoms with Gasteiger partial charge in [0.1, 0.15) is 5.75 Å². The Hall–Kier alpha value is -1.02. The summed E-state index contributed by atoms with van der Waals surface area (Å²) < 4.78 is 5.39. The molecule has 0 aliphatic heterocycles. The van der Waals surface area contributed by atoms with Crippen molar-refractivity contribution in [2.75, 3.05) is 14.2 Å². The topological polar surface area (TPSA) is 21.3 Å². The minimum absolute atomic E-state index is 0.343. The minimum atomic E-state index is 0.343. The van der Waals surface area contributed by atoms with E-state index in [1.165, 1.54) is 5.56 Å². The average molecular weight is 235 g/mol. The Balaban J connectivity index is 2.73. The van der Waals surface area contributed by atoms with Crippen LogP contribution in [-0.2, 0) is 6.42 Å². The molecule has 0 spiro atoms. The van der Waals surface area contributed by atoms with Gasteiger partial charge in [-0.15, -0.1) is 0 Å². The average Bonchev–Trinajstić information content (AvgIpc) is 2.27. The van der Waals surface area contributed by atoms with Crippen LogP contribution < -0.4 is 10.1 Å². The predicted octanol–water partition coefficient (Wildman–Crippen LogP) is 3.26. The summed E-state index contributed by atoms with van der Waals surface area (Å²) in [4.78, 5) is 0. The molecule has 0 radical (unpaired) electrons. The van der Waals surface area contributed by atoms with Crippen molar-refractivity contribution in [3.63, 3.8) is 0 Å². The first-order valence-corrected chi connectivity index (χ1v) is 6.25. The number of methoxy groups -OCH3 is 1. The van der Waals surface area contributed by atoms with E-state index in [4.69, 9.17) is 4.74 Å². The van der Waals surface area contributed by atoms with Crippen LogP contribution in [0.15, 0.2) is 24.3 Å². The Morgan fingerprint density at radius 2 is 1.88 bits per heavy atom. The van der Waals surface area contributed by atoms with Gasteiger partial charge in [-0.25, -0.2) is 0 Å².